The summed E-state index contributed by atoms with van der Waals surface area (Å²) in [5, 5.41) is 11.4. The number of aromatic nitrogens is 4. The van der Waals surface area contributed by atoms with Gasteiger partial charge in [0.2, 0.25) is 0 Å². The van der Waals surface area contributed by atoms with E-state index < -0.39 is 0 Å². The van der Waals surface area contributed by atoms with Crippen molar-refractivity contribution in [3.63, 3.8) is 0 Å². The third kappa shape index (κ3) is 1.79. The van der Waals surface area contributed by atoms with E-state index >= 15 is 0 Å². The zero-order valence-corrected chi connectivity index (χ0v) is 8.07. The summed E-state index contributed by atoms with van der Waals surface area (Å²) >= 11 is 0. The molecule has 6 heteroatoms. The molecule has 0 unspecified atom stereocenters. The minimum atomic E-state index is 0.297. The second kappa shape index (κ2) is 3.81. The fraction of sp³-hybridized carbons (Fsp3) is 0.111. The van der Waals surface area contributed by atoms with Crippen LogP contribution in [0.3, 0.4) is 0 Å². The normalized spacial score (nSPS) is 9.67. The van der Waals surface area contributed by atoms with Crippen LogP contribution < -0.4 is 0 Å². The van der Waals surface area contributed by atoms with Gasteiger partial charge in [0.1, 0.15) is 0 Å². The van der Waals surface area contributed by atoms with Crippen LogP contribution in [-0.2, 0) is 7.05 Å². The zero-order chi connectivity index (χ0) is 10.7. The molecule has 0 saturated carbocycles. The highest BCUT2D eigenvalue weighted by Gasteiger charge is 2.20. The third-order valence-electron chi connectivity index (χ3n) is 1.87. The van der Waals surface area contributed by atoms with Crippen molar-refractivity contribution in [3.05, 3.63) is 47.3 Å². The predicted molar refractivity (Wildman–Crippen MR) is 52.1 cm³/mol. The monoisotopic (exact) mass is 200 g/mol. The van der Waals surface area contributed by atoms with Gasteiger partial charge in [-0.05, 0) is 17.3 Å². The number of aryl methyl sites for hydroxylation is 1. The Balaban J connectivity index is 2.47. The third-order valence-corrected chi connectivity index (χ3v) is 1.87. The van der Waals surface area contributed by atoms with Crippen LogP contribution in [0.4, 0.5) is 0 Å². The van der Waals surface area contributed by atoms with Crippen LogP contribution in [0, 0.1) is 0 Å². The molecule has 0 aliphatic rings. The molecule has 0 radical (unpaired) electrons. The molecule has 15 heavy (non-hydrogen) atoms. The van der Waals surface area contributed by atoms with Crippen LogP contribution in [0.15, 0.2) is 30.3 Å². The van der Waals surface area contributed by atoms with Gasteiger partial charge >= 0.3 is 5.71 Å². The molecule has 0 spiro atoms. The molecule has 0 bridgehead atoms. The zero-order valence-electron chi connectivity index (χ0n) is 8.07. The molecule has 0 saturated heterocycles. The van der Waals surface area contributed by atoms with Gasteiger partial charge in [0, 0.05) is 0 Å². The molecule has 0 aliphatic heterocycles. The Hall–Kier alpha value is -2.33. The Morgan fingerprint density at radius 2 is 2.07 bits per heavy atom. The molecular weight excluding hydrogens is 192 g/mol. The van der Waals surface area contributed by atoms with E-state index in [1.54, 1.807) is 7.05 Å². The van der Waals surface area contributed by atoms with Gasteiger partial charge < -0.3 is 5.53 Å². The highest BCUT2D eigenvalue weighted by atomic mass is 15.6. The first-order valence-corrected chi connectivity index (χ1v) is 4.33. The van der Waals surface area contributed by atoms with Gasteiger partial charge in [-0.15, -0.1) is 10.2 Å². The lowest BCUT2D eigenvalue weighted by molar-refractivity contribution is -0.00350. The van der Waals surface area contributed by atoms with E-state index in [0.29, 0.717) is 11.5 Å². The van der Waals surface area contributed by atoms with Gasteiger partial charge in [0.25, 0.3) is 5.82 Å². The highest BCUT2D eigenvalue weighted by molar-refractivity contribution is 6.06. The molecule has 6 nitrogen and oxygen atoms in total. The fourth-order valence-electron chi connectivity index (χ4n) is 1.21. The molecule has 2 rings (SSSR count). The summed E-state index contributed by atoms with van der Waals surface area (Å²) in [5.41, 5.74) is 9.97. The van der Waals surface area contributed by atoms with Crippen molar-refractivity contribution in [1.82, 2.24) is 20.2 Å². The Morgan fingerprint density at radius 1 is 1.33 bits per heavy atom. The number of hydrogen-bond donors (Lipinski definition) is 0. The summed E-state index contributed by atoms with van der Waals surface area (Å²) < 4.78 is 0. The summed E-state index contributed by atoms with van der Waals surface area (Å²) in [7, 11) is 1.65. The van der Waals surface area contributed by atoms with Gasteiger partial charge in [0.15, 0.2) is 0 Å². The summed E-state index contributed by atoms with van der Waals surface area (Å²) in [6.07, 6.45) is 0. The summed E-state index contributed by atoms with van der Waals surface area (Å²) in [6, 6.07) is 9.19. The van der Waals surface area contributed by atoms with E-state index in [9.17, 15) is 0 Å². The summed E-state index contributed by atoms with van der Waals surface area (Å²) in [4.78, 5) is 4.49. The first-order valence-electron chi connectivity index (χ1n) is 4.33. The van der Waals surface area contributed by atoms with Crippen LogP contribution in [0.2, 0.25) is 0 Å². The first kappa shape index (κ1) is 9.23. The molecule has 1 aromatic carbocycles. The molecule has 1 aromatic heterocycles. The van der Waals surface area contributed by atoms with Crippen LogP contribution in [-0.4, -0.2) is 30.7 Å². The number of nitrogens with zero attached hydrogens (tertiary/aromatic N) is 6. The van der Waals surface area contributed by atoms with Crippen LogP contribution in [0.1, 0.15) is 11.4 Å². The number of hydrogen-bond acceptors (Lipinski definition) is 3. The molecule has 0 atom stereocenters. The van der Waals surface area contributed by atoms with Gasteiger partial charge in [-0.3, -0.25) is 0 Å². The van der Waals surface area contributed by atoms with E-state index in [2.05, 4.69) is 20.2 Å². The lowest BCUT2D eigenvalue weighted by Crippen LogP contribution is -2.07. The van der Waals surface area contributed by atoms with Crippen LogP contribution >= 0.6 is 0 Å². The highest BCUT2D eigenvalue weighted by Crippen LogP contribution is 2.03. The maximum Gasteiger partial charge on any atom is 0.370 e. The van der Waals surface area contributed by atoms with Crippen molar-refractivity contribution in [1.29, 1.82) is 0 Å². The largest absolute Gasteiger partial charge is 0.370 e. The molecule has 0 amide bonds. The number of rotatable bonds is 2. The van der Waals surface area contributed by atoms with Gasteiger partial charge in [0.05, 0.1) is 12.6 Å². The van der Waals surface area contributed by atoms with Crippen molar-refractivity contribution >= 4 is 5.71 Å². The Kier molecular flexibility index (Phi) is 2.35. The van der Waals surface area contributed by atoms with Crippen molar-refractivity contribution in [3.8, 4) is 0 Å². The second-order valence-electron chi connectivity index (χ2n) is 2.92. The lowest BCUT2D eigenvalue weighted by Gasteiger charge is -1.89. The van der Waals surface area contributed by atoms with Gasteiger partial charge in [-0.2, -0.15) is 9.59 Å². The maximum atomic E-state index is 8.91. The van der Waals surface area contributed by atoms with E-state index in [0.717, 1.165) is 5.56 Å². The average molecular weight is 200 g/mol. The first-order chi connectivity index (χ1) is 7.31. The topological polar surface area (TPSA) is 80.0 Å². The number of benzene rings is 1. The van der Waals surface area contributed by atoms with E-state index in [-0.39, 0.29) is 0 Å². The molecule has 0 N–H and O–H groups in total. The second-order valence-corrected chi connectivity index (χ2v) is 2.92. The predicted octanol–water partition coefficient (Wildman–Crippen LogP) is 0.277. The van der Waals surface area contributed by atoms with E-state index in [4.69, 9.17) is 5.53 Å². The van der Waals surface area contributed by atoms with Crippen molar-refractivity contribution < 1.29 is 4.79 Å². The quantitative estimate of drug-likeness (QED) is 0.396. The molecule has 1 heterocycles. The van der Waals surface area contributed by atoms with Crippen molar-refractivity contribution in [2.75, 3.05) is 0 Å². The lowest BCUT2D eigenvalue weighted by atomic mass is 10.1. The Morgan fingerprint density at radius 3 is 2.60 bits per heavy atom. The molecule has 74 valence electrons. The summed E-state index contributed by atoms with van der Waals surface area (Å²) in [5.74, 6) is 0.297. The Labute approximate surface area is 85.8 Å². The fourth-order valence-corrected chi connectivity index (χ4v) is 1.21. The van der Waals surface area contributed by atoms with Crippen molar-refractivity contribution in [2.45, 2.75) is 0 Å². The summed E-state index contributed by atoms with van der Waals surface area (Å²) in [6.45, 7) is 0. The molecular formula is C9H8N6. The molecule has 2 aromatic rings. The maximum absolute atomic E-state index is 8.91. The minimum Gasteiger partial charge on any atom is -0.361 e. The SMILES string of the molecule is Cn1nnc(C(=[N+]=[N-])c2ccccc2)n1. The van der Waals surface area contributed by atoms with Gasteiger partial charge in [-0.1, -0.05) is 18.2 Å². The smallest absolute Gasteiger partial charge is 0.361 e. The standard InChI is InChI=1S/C9H8N6/c1-15-13-9(12-14-15)8(11-10)7-5-3-2-4-6-7/h2-6H,1H3. The van der Waals surface area contributed by atoms with E-state index in [1.165, 1.54) is 4.80 Å². The van der Waals surface area contributed by atoms with E-state index in [1.807, 2.05) is 30.3 Å². The Bertz CT molecular complexity index is 508. The van der Waals surface area contributed by atoms with Crippen LogP contribution in [0.5, 0.6) is 0 Å². The molecule has 0 aliphatic carbocycles. The van der Waals surface area contributed by atoms with Gasteiger partial charge in [-0.25, -0.2) is 0 Å². The number of tetrazole rings is 1. The minimum absolute atomic E-state index is 0.297. The van der Waals surface area contributed by atoms with Crippen LogP contribution in [0.25, 0.3) is 5.53 Å². The van der Waals surface area contributed by atoms with Crippen molar-refractivity contribution in [2.24, 2.45) is 7.05 Å². The average Bonchev–Trinajstić information content (AvgIpc) is 2.68. The molecule has 0 fully saturated rings.